The van der Waals surface area contributed by atoms with Gasteiger partial charge in [-0.1, -0.05) is 30.3 Å². The van der Waals surface area contributed by atoms with E-state index in [1.807, 2.05) is 64.4 Å². The van der Waals surface area contributed by atoms with Crippen molar-refractivity contribution in [1.82, 2.24) is 9.80 Å². The van der Waals surface area contributed by atoms with Crippen molar-refractivity contribution in [2.75, 3.05) is 55.7 Å². The number of piperazine rings is 1. The zero-order valence-electron chi connectivity index (χ0n) is 18.3. The second-order valence-corrected chi connectivity index (χ2v) is 10.7. The van der Waals surface area contributed by atoms with Crippen molar-refractivity contribution in [3.63, 3.8) is 0 Å². The second-order valence-electron chi connectivity index (χ2n) is 8.42. The molecule has 8 heteroatoms. The van der Waals surface area contributed by atoms with Crippen LogP contribution < -0.4 is 4.90 Å². The van der Waals surface area contributed by atoms with Crippen LogP contribution in [0.3, 0.4) is 0 Å². The lowest BCUT2D eigenvalue weighted by molar-refractivity contribution is -0.137. The first-order valence-electron chi connectivity index (χ1n) is 11.0. The molecule has 0 radical (unpaired) electrons. The van der Waals surface area contributed by atoms with Crippen LogP contribution >= 0.6 is 0 Å². The predicted octanol–water partition coefficient (Wildman–Crippen LogP) is 2.01. The molecule has 2 heterocycles. The lowest BCUT2D eigenvalue weighted by Crippen LogP contribution is -2.54. The van der Waals surface area contributed by atoms with Crippen molar-refractivity contribution >= 4 is 27.2 Å². The predicted molar refractivity (Wildman–Crippen MR) is 125 cm³/mol. The monoisotopic (exact) mass is 455 g/mol. The minimum atomic E-state index is -3.02. The molecule has 1 amide bonds. The normalized spacial score (nSPS) is 20.0. The summed E-state index contributed by atoms with van der Waals surface area (Å²) in [5.41, 5.74) is 2.64. The Hall–Kier alpha value is -2.71. The first-order valence-corrected chi connectivity index (χ1v) is 12.8. The number of Topliss-reactive ketones (excluding diaryl/α,β-unsaturated/α-hetero) is 1. The average Bonchev–Trinajstić information content (AvgIpc) is 2.81. The van der Waals surface area contributed by atoms with Gasteiger partial charge in [0, 0.05) is 50.5 Å². The molecule has 0 aromatic heterocycles. The van der Waals surface area contributed by atoms with E-state index in [1.54, 1.807) is 6.92 Å². The molecule has 4 rings (SSSR count). The third kappa shape index (κ3) is 5.02. The van der Waals surface area contributed by atoms with Crippen molar-refractivity contribution in [3.05, 3.63) is 65.7 Å². The zero-order valence-corrected chi connectivity index (χ0v) is 19.1. The van der Waals surface area contributed by atoms with E-state index < -0.39 is 15.9 Å². The molecule has 0 bridgehead atoms. The molecule has 2 aliphatic rings. The van der Waals surface area contributed by atoms with E-state index in [2.05, 4.69) is 4.90 Å². The summed E-state index contributed by atoms with van der Waals surface area (Å²) >= 11 is 0. The third-order valence-corrected chi connectivity index (χ3v) is 7.93. The molecule has 7 nitrogen and oxygen atoms in total. The number of carbonyl (C=O) groups is 2. The highest BCUT2D eigenvalue weighted by molar-refractivity contribution is 7.91. The van der Waals surface area contributed by atoms with E-state index in [9.17, 15) is 18.0 Å². The van der Waals surface area contributed by atoms with Crippen molar-refractivity contribution in [3.8, 4) is 0 Å². The molecule has 0 saturated carbocycles. The maximum Gasteiger partial charge on any atom is 0.244 e. The summed E-state index contributed by atoms with van der Waals surface area (Å²) in [6.07, 6.45) is 0. The van der Waals surface area contributed by atoms with Crippen LogP contribution in [0, 0.1) is 0 Å². The largest absolute Gasteiger partial charge is 0.368 e. The van der Waals surface area contributed by atoms with Crippen LogP contribution in [0.2, 0.25) is 0 Å². The fourth-order valence-electron chi connectivity index (χ4n) is 4.39. The lowest BCUT2D eigenvalue weighted by Gasteiger charge is -2.40. The van der Waals surface area contributed by atoms with Crippen LogP contribution in [0.25, 0.3) is 0 Å². The molecule has 170 valence electrons. The maximum absolute atomic E-state index is 13.6. The highest BCUT2D eigenvalue weighted by Crippen LogP contribution is 2.26. The summed E-state index contributed by atoms with van der Waals surface area (Å²) in [6.45, 7) is 4.92. The molecule has 2 saturated heterocycles. The van der Waals surface area contributed by atoms with E-state index in [1.165, 1.54) is 0 Å². The third-order valence-electron chi connectivity index (χ3n) is 6.32. The fourth-order valence-corrected chi connectivity index (χ4v) is 5.62. The summed E-state index contributed by atoms with van der Waals surface area (Å²) in [5.74, 6) is 0.257. The SMILES string of the molecule is CC(=O)c1ccc(N2CCN(C(=O)C(c3ccccc3)N3CCS(=O)(=O)CC3)CC2)cc1. The van der Waals surface area contributed by atoms with Gasteiger partial charge in [0.15, 0.2) is 15.6 Å². The van der Waals surface area contributed by atoms with Gasteiger partial charge in [0.1, 0.15) is 6.04 Å². The number of nitrogens with zero attached hydrogens (tertiary/aromatic N) is 3. The highest BCUT2D eigenvalue weighted by Gasteiger charge is 2.35. The van der Waals surface area contributed by atoms with Crippen molar-refractivity contribution in [2.45, 2.75) is 13.0 Å². The van der Waals surface area contributed by atoms with Crippen LogP contribution in [0.15, 0.2) is 54.6 Å². The van der Waals surface area contributed by atoms with E-state index in [4.69, 9.17) is 0 Å². The molecule has 1 unspecified atom stereocenters. The summed E-state index contributed by atoms with van der Waals surface area (Å²) < 4.78 is 23.8. The minimum Gasteiger partial charge on any atom is -0.368 e. The topological polar surface area (TPSA) is 78.0 Å². The Morgan fingerprint density at radius 3 is 1.97 bits per heavy atom. The minimum absolute atomic E-state index is 0.0297. The first-order chi connectivity index (χ1) is 15.3. The summed E-state index contributed by atoms with van der Waals surface area (Å²) in [4.78, 5) is 31.2. The van der Waals surface area contributed by atoms with Gasteiger partial charge in [-0.05, 0) is 36.8 Å². The summed E-state index contributed by atoms with van der Waals surface area (Å²) in [7, 11) is -3.02. The van der Waals surface area contributed by atoms with Crippen LogP contribution in [-0.2, 0) is 14.6 Å². The molecule has 0 N–H and O–H groups in total. The number of rotatable bonds is 5. The van der Waals surface area contributed by atoms with Gasteiger partial charge in [0.05, 0.1) is 11.5 Å². The Bertz CT molecular complexity index is 1050. The molecular formula is C24H29N3O4S. The zero-order chi connectivity index (χ0) is 22.7. The molecule has 2 aromatic carbocycles. The Balaban J connectivity index is 1.46. The van der Waals surface area contributed by atoms with Crippen LogP contribution in [0.1, 0.15) is 28.9 Å². The van der Waals surface area contributed by atoms with E-state index in [0.29, 0.717) is 44.8 Å². The van der Waals surface area contributed by atoms with Gasteiger partial charge in [-0.25, -0.2) is 8.42 Å². The number of ketones is 1. The van der Waals surface area contributed by atoms with E-state index in [0.717, 1.165) is 11.3 Å². The molecular weight excluding hydrogens is 426 g/mol. The second kappa shape index (κ2) is 9.42. The lowest BCUT2D eigenvalue weighted by atomic mass is 10.0. The number of anilines is 1. The van der Waals surface area contributed by atoms with Crippen molar-refractivity contribution in [1.29, 1.82) is 0 Å². The molecule has 0 aliphatic carbocycles. The smallest absolute Gasteiger partial charge is 0.244 e. The average molecular weight is 456 g/mol. The summed E-state index contributed by atoms with van der Waals surface area (Å²) in [5, 5.41) is 0. The quantitative estimate of drug-likeness (QED) is 0.642. The maximum atomic E-state index is 13.6. The van der Waals surface area contributed by atoms with Gasteiger partial charge in [-0.3, -0.25) is 14.5 Å². The fraction of sp³-hybridized carbons (Fsp3) is 0.417. The Morgan fingerprint density at radius 2 is 1.41 bits per heavy atom. The van der Waals surface area contributed by atoms with Gasteiger partial charge < -0.3 is 9.80 Å². The Kier molecular flexibility index (Phi) is 6.62. The first kappa shape index (κ1) is 22.5. The van der Waals surface area contributed by atoms with Gasteiger partial charge in [0.25, 0.3) is 0 Å². The Labute approximate surface area is 189 Å². The number of sulfone groups is 1. The number of amides is 1. The molecule has 2 aromatic rings. The van der Waals surface area contributed by atoms with E-state index >= 15 is 0 Å². The van der Waals surface area contributed by atoms with Crippen LogP contribution in [0.5, 0.6) is 0 Å². The standard InChI is InChI=1S/C24H29N3O4S/c1-19(28)20-7-9-22(10-8-20)25-11-13-27(14-12-25)24(29)23(21-5-3-2-4-6-21)26-15-17-32(30,31)18-16-26/h2-10,23H,11-18H2,1H3. The molecule has 2 aliphatic heterocycles. The molecule has 1 atom stereocenters. The Morgan fingerprint density at radius 1 is 0.812 bits per heavy atom. The molecule has 0 spiro atoms. The van der Waals surface area contributed by atoms with Crippen molar-refractivity contribution in [2.24, 2.45) is 0 Å². The van der Waals surface area contributed by atoms with E-state index in [-0.39, 0.29) is 23.2 Å². The number of carbonyl (C=O) groups excluding carboxylic acids is 2. The van der Waals surface area contributed by atoms with Gasteiger partial charge >= 0.3 is 0 Å². The van der Waals surface area contributed by atoms with Crippen LogP contribution in [-0.4, -0.2) is 80.7 Å². The number of hydrogen-bond acceptors (Lipinski definition) is 6. The van der Waals surface area contributed by atoms with Gasteiger partial charge in [-0.2, -0.15) is 0 Å². The van der Waals surface area contributed by atoms with Gasteiger partial charge in [0.2, 0.25) is 5.91 Å². The van der Waals surface area contributed by atoms with Gasteiger partial charge in [-0.15, -0.1) is 0 Å². The highest BCUT2D eigenvalue weighted by atomic mass is 32.2. The number of benzene rings is 2. The number of hydrogen-bond donors (Lipinski definition) is 0. The molecule has 32 heavy (non-hydrogen) atoms. The van der Waals surface area contributed by atoms with Crippen LogP contribution in [0.4, 0.5) is 5.69 Å². The van der Waals surface area contributed by atoms with Crippen molar-refractivity contribution < 1.29 is 18.0 Å². The summed E-state index contributed by atoms with van der Waals surface area (Å²) in [6, 6.07) is 16.8. The molecule has 2 fully saturated rings.